The molecule has 10 N–H and O–H groups in total. The topological polar surface area (TPSA) is 218 Å². The van der Waals surface area contributed by atoms with Crippen LogP contribution < -0.4 is 38.1 Å². The summed E-state index contributed by atoms with van der Waals surface area (Å²) in [5, 5.41) is 23.4. The van der Waals surface area contributed by atoms with Gasteiger partial charge >= 0.3 is 5.97 Å². The Kier molecular flexibility index (Phi) is 22.3. The average Bonchev–Trinajstić information content (AvgIpc) is 2.90. The van der Waals surface area contributed by atoms with Crippen molar-refractivity contribution in [2.75, 3.05) is 26.2 Å². The van der Waals surface area contributed by atoms with E-state index in [0.29, 0.717) is 58.3 Å². The Hall–Kier alpha value is -2.77. The van der Waals surface area contributed by atoms with Crippen LogP contribution in [0, 0.1) is 0 Å². The van der Waals surface area contributed by atoms with E-state index in [1.807, 2.05) is 13.8 Å². The number of carbonyl (C=O) groups is 5. The van der Waals surface area contributed by atoms with Gasteiger partial charge in [0.1, 0.15) is 12.1 Å². The van der Waals surface area contributed by atoms with Crippen LogP contribution in [-0.2, 0) is 24.0 Å². The van der Waals surface area contributed by atoms with Gasteiger partial charge in [0.15, 0.2) is 0 Å². The molecule has 0 aliphatic heterocycles. The summed E-state index contributed by atoms with van der Waals surface area (Å²) in [6.07, 6.45) is 6.59. The number of rotatable bonds is 25. The Bertz CT molecular complexity index is 781. The molecule has 0 aliphatic rings. The zero-order valence-corrected chi connectivity index (χ0v) is 25.3. The molecule has 0 aromatic carbocycles. The molecule has 0 saturated heterocycles. The molecule has 4 amide bonds. The van der Waals surface area contributed by atoms with E-state index in [-0.39, 0.29) is 30.7 Å². The van der Waals surface area contributed by atoms with Gasteiger partial charge in [-0.2, -0.15) is 0 Å². The molecule has 3 atom stereocenters. The third-order valence-electron chi connectivity index (χ3n) is 6.43. The average molecular weight is 586 g/mol. The van der Waals surface area contributed by atoms with Crippen molar-refractivity contribution in [2.45, 2.75) is 122 Å². The molecule has 0 spiro atoms. The van der Waals surface area contributed by atoms with Crippen molar-refractivity contribution < 1.29 is 29.1 Å². The highest BCUT2D eigenvalue weighted by molar-refractivity contribution is 5.93. The van der Waals surface area contributed by atoms with Gasteiger partial charge < -0.3 is 43.2 Å². The third-order valence-corrected chi connectivity index (χ3v) is 6.43. The standard InChI is InChI=1S/C28H55N7O6/c1-20(2)33-22(12-6-8-16-29)27(40)34-23(13-7-9-17-30)28(41)35-24(14-15-25(37)38)26(39)32-19-11-5-4-10-18-31-21(3)36/h20,22-24,33H,4-19,29-30H2,1-3H3,(H,31,36)(H,32,39)(H,34,40)(H,35,41)(H,37,38). The molecular weight excluding hydrogens is 530 g/mol. The maximum atomic E-state index is 13.3. The van der Waals surface area contributed by atoms with Crippen molar-refractivity contribution in [3.05, 3.63) is 0 Å². The molecule has 41 heavy (non-hydrogen) atoms. The van der Waals surface area contributed by atoms with Crippen LogP contribution in [0.5, 0.6) is 0 Å². The van der Waals surface area contributed by atoms with Gasteiger partial charge in [0.2, 0.25) is 23.6 Å². The summed E-state index contributed by atoms with van der Waals surface area (Å²) in [4.78, 5) is 61.5. The van der Waals surface area contributed by atoms with E-state index in [4.69, 9.17) is 16.6 Å². The van der Waals surface area contributed by atoms with Crippen LogP contribution in [0.3, 0.4) is 0 Å². The van der Waals surface area contributed by atoms with Gasteiger partial charge in [0.25, 0.3) is 0 Å². The number of carboxylic acids is 1. The number of aliphatic carboxylic acids is 1. The summed E-state index contributed by atoms with van der Waals surface area (Å²) in [5.41, 5.74) is 11.2. The van der Waals surface area contributed by atoms with Crippen LogP contribution in [0.4, 0.5) is 0 Å². The molecule has 0 saturated carbocycles. The van der Waals surface area contributed by atoms with Crippen LogP contribution in [0.25, 0.3) is 0 Å². The van der Waals surface area contributed by atoms with Crippen molar-refractivity contribution in [3.8, 4) is 0 Å². The number of nitrogens with one attached hydrogen (secondary N) is 5. The lowest BCUT2D eigenvalue weighted by Crippen LogP contribution is -2.56. The second-order valence-corrected chi connectivity index (χ2v) is 10.7. The number of unbranched alkanes of at least 4 members (excludes halogenated alkanes) is 5. The van der Waals surface area contributed by atoms with Crippen molar-refractivity contribution in [1.82, 2.24) is 26.6 Å². The quantitative estimate of drug-likeness (QED) is 0.0688. The van der Waals surface area contributed by atoms with Gasteiger partial charge in [0, 0.05) is 32.5 Å². The zero-order chi connectivity index (χ0) is 31.0. The highest BCUT2D eigenvalue weighted by atomic mass is 16.4. The predicted octanol–water partition coefficient (Wildman–Crippen LogP) is 0.258. The van der Waals surface area contributed by atoms with Crippen molar-refractivity contribution in [3.63, 3.8) is 0 Å². The van der Waals surface area contributed by atoms with E-state index in [1.54, 1.807) is 0 Å². The minimum atomic E-state index is -1.08. The summed E-state index contributed by atoms with van der Waals surface area (Å²) in [6.45, 7) is 7.29. The largest absolute Gasteiger partial charge is 0.481 e. The smallest absolute Gasteiger partial charge is 0.303 e. The second-order valence-electron chi connectivity index (χ2n) is 10.7. The molecule has 0 aromatic heterocycles. The first-order valence-corrected chi connectivity index (χ1v) is 15.0. The molecule has 3 unspecified atom stereocenters. The Morgan fingerprint density at radius 2 is 1.12 bits per heavy atom. The van der Waals surface area contributed by atoms with E-state index >= 15 is 0 Å². The second kappa shape index (κ2) is 23.9. The molecule has 13 heteroatoms. The summed E-state index contributed by atoms with van der Waals surface area (Å²) in [5.74, 6) is -2.46. The first kappa shape index (κ1) is 38.2. The van der Waals surface area contributed by atoms with E-state index in [0.717, 1.165) is 32.1 Å². The van der Waals surface area contributed by atoms with Gasteiger partial charge in [-0.25, -0.2) is 0 Å². The lowest BCUT2D eigenvalue weighted by molar-refractivity contribution is -0.138. The van der Waals surface area contributed by atoms with Crippen LogP contribution in [0.1, 0.15) is 97.8 Å². The van der Waals surface area contributed by atoms with Gasteiger partial charge in [-0.15, -0.1) is 0 Å². The maximum absolute atomic E-state index is 13.3. The fourth-order valence-corrected chi connectivity index (χ4v) is 4.23. The summed E-state index contributed by atoms with van der Waals surface area (Å²) >= 11 is 0. The lowest BCUT2D eigenvalue weighted by Gasteiger charge is -2.26. The molecular formula is C28H55N7O6. The van der Waals surface area contributed by atoms with E-state index in [1.165, 1.54) is 6.92 Å². The minimum absolute atomic E-state index is 0.0504. The Balaban J connectivity index is 5.25. The van der Waals surface area contributed by atoms with Gasteiger partial charge in [-0.3, -0.25) is 24.0 Å². The SMILES string of the molecule is CC(=O)NCCCCCCNC(=O)C(CCC(=O)O)NC(=O)C(CCCCN)NC(=O)C(CCCCN)NC(C)C. The van der Waals surface area contributed by atoms with Gasteiger partial charge in [0.05, 0.1) is 6.04 Å². The minimum Gasteiger partial charge on any atom is -0.481 e. The number of amides is 4. The van der Waals surface area contributed by atoms with Gasteiger partial charge in [-0.05, 0) is 64.5 Å². The van der Waals surface area contributed by atoms with Crippen LogP contribution >= 0.6 is 0 Å². The molecule has 0 bridgehead atoms. The molecule has 0 rings (SSSR count). The molecule has 0 radical (unpaired) electrons. The van der Waals surface area contributed by atoms with Crippen molar-refractivity contribution in [1.29, 1.82) is 0 Å². The van der Waals surface area contributed by atoms with Crippen molar-refractivity contribution >= 4 is 29.6 Å². The number of carbonyl (C=O) groups excluding carboxylic acids is 4. The number of nitrogens with two attached hydrogens (primary N) is 2. The van der Waals surface area contributed by atoms with Crippen LogP contribution in [0.15, 0.2) is 0 Å². The highest BCUT2D eigenvalue weighted by Gasteiger charge is 2.29. The first-order chi connectivity index (χ1) is 19.5. The summed E-state index contributed by atoms with van der Waals surface area (Å²) < 4.78 is 0. The van der Waals surface area contributed by atoms with Crippen LogP contribution in [0.2, 0.25) is 0 Å². The molecule has 0 aromatic rings. The monoisotopic (exact) mass is 585 g/mol. The van der Waals surface area contributed by atoms with Gasteiger partial charge in [-0.1, -0.05) is 33.1 Å². The Morgan fingerprint density at radius 1 is 0.634 bits per heavy atom. The first-order valence-electron chi connectivity index (χ1n) is 15.0. The number of carboxylic acid groups (broad SMARTS) is 1. The fraction of sp³-hybridized carbons (Fsp3) is 0.821. The Morgan fingerprint density at radius 3 is 1.61 bits per heavy atom. The number of hydrogen-bond acceptors (Lipinski definition) is 8. The highest BCUT2D eigenvalue weighted by Crippen LogP contribution is 2.08. The van der Waals surface area contributed by atoms with E-state index < -0.39 is 35.9 Å². The Labute approximate surface area is 245 Å². The molecule has 0 heterocycles. The summed E-state index contributed by atoms with van der Waals surface area (Å²) in [6, 6.07) is -2.41. The number of hydrogen-bond donors (Lipinski definition) is 8. The van der Waals surface area contributed by atoms with E-state index in [2.05, 4.69) is 26.6 Å². The normalized spacial score (nSPS) is 13.2. The molecule has 0 aliphatic carbocycles. The van der Waals surface area contributed by atoms with Crippen molar-refractivity contribution in [2.24, 2.45) is 11.5 Å². The molecule has 238 valence electrons. The molecule has 13 nitrogen and oxygen atoms in total. The maximum Gasteiger partial charge on any atom is 0.303 e. The fourth-order valence-electron chi connectivity index (χ4n) is 4.23. The lowest BCUT2D eigenvalue weighted by atomic mass is 10.0. The zero-order valence-electron chi connectivity index (χ0n) is 25.3. The third kappa shape index (κ3) is 20.7. The summed E-state index contributed by atoms with van der Waals surface area (Å²) in [7, 11) is 0. The predicted molar refractivity (Wildman–Crippen MR) is 159 cm³/mol. The van der Waals surface area contributed by atoms with Crippen LogP contribution in [-0.4, -0.2) is 85.1 Å². The van der Waals surface area contributed by atoms with E-state index in [9.17, 15) is 24.0 Å². The molecule has 0 fully saturated rings.